The van der Waals surface area contributed by atoms with E-state index in [1.807, 2.05) is 6.92 Å². The summed E-state index contributed by atoms with van der Waals surface area (Å²) in [6.45, 7) is 5.08. The number of hydrogen-bond donors (Lipinski definition) is 1. The van der Waals surface area contributed by atoms with Gasteiger partial charge in [-0.15, -0.1) is 0 Å². The normalized spacial score (nSPS) is 18.2. The van der Waals surface area contributed by atoms with Crippen LogP contribution in [0.2, 0.25) is 0 Å². The number of hydrogen-bond acceptors (Lipinski definition) is 5. The molecular weight excluding hydrogens is 328 g/mol. The van der Waals surface area contributed by atoms with Gasteiger partial charge in [0.2, 0.25) is 5.89 Å². The first-order valence-corrected chi connectivity index (χ1v) is 8.67. The summed E-state index contributed by atoms with van der Waals surface area (Å²) in [5.74, 6) is 0.197. The predicted octanol–water partition coefficient (Wildman–Crippen LogP) is 3.86. The molecule has 2 atom stereocenters. The largest absolute Gasteiger partial charge is 0.381 e. The average molecular weight is 351 g/mol. The van der Waals surface area contributed by atoms with Crippen molar-refractivity contribution in [1.82, 2.24) is 15.5 Å². The standard InChI is InChI=1S/C18H23F2N3O2/c1-3-16(14-5-4-13(19)10-15(14)20)22-17(12-6-8-24-9-7-12)18-21-11(2)23-25-18/h4-5,10,12,16-17,22H,3,6-9H2,1-2H3/t16-,17+/m0/s1. The van der Waals surface area contributed by atoms with E-state index >= 15 is 0 Å². The fourth-order valence-electron chi connectivity index (χ4n) is 3.33. The Labute approximate surface area is 145 Å². The Morgan fingerprint density at radius 2 is 2.04 bits per heavy atom. The van der Waals surface area contributed by atoms with Crippen molar-refractivity contribution in [3.8, 4) is 0 Å². The van der Waals surface area contributed by atoms with Crippen LogP contribution in [0, 0.1) is 24.5 Å². The van der Waals surface area contributed by atoms with Crippen molar-refractivity contribution in [2.24, 2.45) is 5.92 Å². The minimum absolute atomic E-state index is 0.195. The molecule has 0 unspecified atom stereocenters. The monoisotopic (exact) mass is 351 g/mol. The van der Waals surface area contributed by atoms with Crippen LogP contribution in [0.3, 0.4) is 0 Å². The Morgan fingerprint density at radius 3 is 2.64 bits per heavy atom. The molecule has 1 aromatic heterocycles. The van der Waals surface area contributed by atoms with E-state index in [-0.39, 0.29) is 18.0 Å². The first kappa shape index (κ1) is 17.9. The summed E-state index contributed by atoms with van der Waals surface area (Å²) in [5, 5.41) is 7.35. The quantitative estimate of drug-likeness (QED) is 0.856. The van der Waals surface area contributed by atoms with Crippen LogP contribution in [0.1, 0.15) is 55.5 Å². The van der Waals surface area contributed by atoms with Crippen molar-refractivity contribution in [3.63, 3.8) is 0 Å². The van der Waals surface area contributed by atoms with E-state index in [1.54, 1.807) is 6.92 Å². The van der Waals surface area contributed by atoms with E-state index in [4.69, 9.17) is 9.26 Å². The summed E-state index contributed by atoms with van der Waals surface area (Å²) in [5.41, 5.74) is 0.442. The molecule has 1 fully saturated rings. The van der Waals surface area contributed by atoms with Crippen LogP contribution in [-0.4, -0.2) is 23.4 Å². The third kappa shape index (κ3) is 4.22. The van der Waals surface area contributed by atoms with Crippen LogP contribution in [0.25, 0.3) is 0 Å². The van der Waals surface area contributed by atoms with Gasteiger partial charge in [-0.1, -0.05) is 18.1 Å². The maximum atomic E-state index is 14.2. The van der Waals surface area contributed by atoms with Gasteiger partial charge in [-0.3, -0.25) is 5.32 Å². The zero-order valence-corrected chi connectivity index (χ0v) is 14.5. The molecular formula is C18H23F2N3O2. The highest BCUT2D eigenvalue weighted by Gasteiger charge is 2.32. The predicted molar refractivity (Wildman–Crippen MR) is 87.8 cm³/mol. The Hall–Kier alpha value is -1.86. The summed E-state index contributed by atoms with van der Waals surface area (Å²) in [7, 11) is 0. The summed E-state index contributed by atoms with van der Waals surface area (Å²) < 4.78 is 38.3. The molecule has 5 nitrogen and oxygen atoms in total. The minimum atomic E-state index is -0.579. The van der Waals surface area contributed by atoms with E-state index < -0.39 is 11.6 Å². The van der Waals surface area contributed by atoms with Crippen molar-refractivity contribution in [2.45, 2.75) is 45.2 Å². The molecule has 7 heteroatoms. The average Bonchev–Trinajstić information content (AvgIpc) is 3.04. The van der Waals surface area contributed by atoms with Gasteiger partial charge in [0.25, 0.3) is 0 Å². The highest BCUT2D eigenvalue weighted by molar-refractivity contribution is 5.22. The van der Waals surface area contributed by atoms with Gasteiger partial charge in [0.15, 0.2) is 5.82 Å². The van der Waals surface area contributed by atoms with Crippen LogP contribution in [-0.2, 0) is 4.74 Å². The van der Waals surface area contributed by atoms with Crippen LogP contribution in [0.5, 0.6) is 0 Å². The Bertz CT molecular complexity index is 701. The molecule has 0 bridgehead atoms. The first-order valence-electron chi connectivity index (χ1n) is 8.67. The number of benzene rings is 1. The lowest BCUT2D eigenvalue weighted by atomic mass is 9.90. The van der Waals surface area contributed by atoms with Gasteiger partial charge in [0, 0.05) is 30.9 Å². The third-order valence-electron chi connectivity index (χ3n) is 4.67. The maximum absolute atomic E-state index is 14.2. The van der Waals surface area contributed by atoms with Gasteiger partial charge >= 0.3 is 0 Å². The third-order valence-corrected chi connectivity index (χ3v) is 4.67. The molecule has 3 rings (SSSR count). The van der Waals surface area contributed by atoms with Gasteiger partial charge < -0.3 is 9.26 Å². The fourth-order valence-corrected chi connectivity index (χ4v) is 3.33. The van der Waals surface area contributed by atoms with Crippen LogP contribution < -0.4 is 5.32 Å². The molecule has 2 aromatic rings. The number of rotatable bonds is 6. The molecule has 1 aromatic carbocycles. The molecule has 0 radical (unpaired) electrons. The van der Waals surface area contributed by atoms with E-state index in [0.717, 1.165) is 18.9 Å². The molecule has 1 aliphatic heterocycles. The fraction of sp³-hybridized carbons (Fsp3) is 0.556. The van der Waals surface area contributed by atoms with E-state index in [1.165, 1.54) is 12.1 Å². The van der Waals surface area contributed by atoms with E-state index in [9.17, 15) is 8.78 Å². The number of halogens is 2. The molecule has 1 aliphatic rings. The molecule has 0 aliphatic carbocycles. The van der Waals surface area contributed by atoms with Crippen molar-refractivity contribution >= 4 is 0 Å². The summed E-state index contributed by atoms with van der Waals surface area (Å²) in [6.07, 6.45) is 2.37. The number of nitrogens with zero attached hydrogens (tertiary/aromatic N) is 2. The van der Waals surface area contributed by atoms with Gasteiger partial charge in [-0.2, -0.15) is 4.98 Å². The molecule has 0 amide bonds. The zero-order chi connectivity index (χ0) is 17.8. The van der Waals surface area contributed by atoms with E-state index in [2.05, 4.69) is 15.5 Å². The second kappa shape index (κ2) is 8.01. The topological polar surface area (TPSA) is 60.2 Å². The highest BCUT2D eigenvalue weighted by atomic mass is 19.1. The molecule has 25 heavy (non-hydrogen) atoms. The second-order valence-corrected chi connectivity index (χ2v) is 6.40. The van der Waals surface area contributed by atoms with Crippen molar-refractivity contribution in [3.05, 3.63) is 47.1 Å². The van der Waals surface area contributed by atoms with Gasteiger partial charge in [-0.05, 0) is 38.2 Å². The van der Waals surface area contributed by atoms with Crippen molar-refractivity contribution in [1.29, 1.82) is 0 Å². The molecule has 0 spiro atoms. The number of aromatic nitrogens is 2. The van der Waals surface area contributed by atoms with Crippen molar-refractivity contribution in [2.75, 3.05) is 13.2 Å². The number of ether oxygens (including phenoxy) is 1. The molecule has 2 heterocycles. The number of nitrogens with one attached hydrogen (secondary N) is 1. The van der Waals surface area contributed by atoms with Crippen LogP contribution >= 0.6 is 0 Å². The van der Waals surface area contributed by atoms with Gasteiger partial charge in [0.05, 0.1) is 6.04 Å². The Morgan fingerprint density at radius 1 is 1.28 bits per heavy atom. The summed E-state index contributed by atoms with van der Waals surface area (Å²) >= 11 is 0. The van der Waals surface area contributed by atoms with E-state index in [0.29, 0.717) is 36.9 Å². The van der Waals surface area contributed by atoms with Crippen LogP contribution in [0.15, 0.2) is 22.7 Å². The lowest BCUT2D eigenvalue weighted by Crippen LogP contribution is -2.35. The SMILES string of the molecule is CC[C@H](N[C@@H](c1nc(C)no1)C1CCOCC1)c1ccc(F)cc1F. The molecule has 1 N–H and O–H groups in total. The minimum Gasteiger partial charge on any atom is -0.381 e. The highest BCUT2D eigenvalue weighted by Crippen LogP contribution is 2.33. The smallest absolute Gasteiger partial charge is 0.244 e. The summed E-state index contributed by atoms with van der Waals surface area (Å²) in [4.78, 5) is 4.37. The molecule has 136 valence electrons. The number of aryl methyl sites for hydroxylation is 1. The Balaban J connectivity index is 1.86. The van der Waals surface area contributed by atoms with Crippen LogP contribution in [0.4, 0.5) is 8.78 Å². The van der Waals surface area contributed by atoms with Gasteiger partial charge in [0.1, 0.15) is 11.6 Å². The van der Waals surface area contributed by atoms with Gasteiger partial charge in [-0.25, -0.2) is 8.78 Å². The molecule has 1 saturated heterocycles. The van der Waals surface area contributed by atoms with Crippen molar-refractivity contribution < 1.29 is 18.0 Å². The summed E-state index contributed by atoms with van der Waals surface area (Å²) in [6, 6.07) is 3.22. The maximum Gasteiger partial charge on any atom is 0.244 e. The first-order chi connectivity index (χ1) is 12.1. The zero-order valence-electron chi connectivity index (χ0n) is 14.5. The lowest BCUT2D eigenvalue weighted by molar-refractivity contribution is 0.0465. The molecule has 0 saturated carbocycles. The second-order valence-electron chi connectivity index (χ2n) is 6.40. The lowest BCUT2D eigenvalue weighted by Gasteiger charge is -2.32. The Kier molecular flexibility index (Phi) is 5.75.